The standard InChI is InChI=1S/C14H20N4O2S/c1-4-13-11(9-18(3)17-13)8-16-21(19,20)14-6-5-10(2)7-12(14)15/h5-7,9,16H,4,8,15H2,1-3H3. The molecule has 6 nitrogen and oxygen atoms in total. The van der Waals surface area contributed by atoms with Gasteiger partial charge in [0.25, 0.3) is 0 Å². The lowest BCUT2D eigenvalue weighted by molar-refractivity contribution is 0.581. The summed E-state index contributed by atoms with van der Waals surface area (Å²) in [6.07, 6.45) is 2.57. The zero-order chi connectivity index (χ0) is 15.6. The van der Waals surface area contributed by atoms with Crippen LogP contribution in [0.25, 0.3) is 0 Å². The summed E-state index contributed by atoms with van der Waals surface area (Å²) in [7, 11) is -1.82. The van der Waals surface area contributed by atoms with Crippen molar-refractivity contribution in [3.05, 3.63) is 41.2 Å². The minimum atomic E-state index is -3.63. The Labute approximate surface area is 125 Å². The molecule has 0 aliphatic heterocycles. The Bertz CT molecular complexity index is 750. The van der Waals surface area contributed by atoms with Gasteiger partial charge in [-0.15, -0.1) is 0 Å². The van der Waals surface area contributed by atoms with Crippen LogP contribution in [0.1, 0.15) is 23.7 Å². The highest BCUT2D eigenvalue weighted by molar-refractivity contribution is 7.89. The molecule has 114 valence electrons. The molecular weight excluding hydrogens is 288 g/mol. The number of hydrogen-bond acceptors (Lipinski definition) is 4. The van der Waals surface area contributed by atoms with Crippen LogP contribution in [-0.4, -0.2) is 18.2 Å². The van der Waals surface area contributed by atoms with Crippen molar-refractivity contribution in [2.75, 3.05) is 5.73 Å². The van der Waals surface area contributed by atoms with Crippen LogP contribution in [0.2, 0.25) is 0 Å². The van der Waals surface area contributed by atoms with E-state index in [9.17, 15) is 8.42 Å². The lowest BCUT2D eigenvalue weighted by Crippen LogP contribution is -2.24. The molecule has 0 radical (unpaired) electrons. The third kappa shape index (κ3) is 3.43. The van der Waals surface area contributed by atoms with Crippen LogP contribution in [0.4, 0.5) is 5.69 Å². The van der Waals surface area contributed by atoms with E-state index >= 15 is 0 Å². The molecule has 3 N–H and O–H groups in total. The number of hydrogen-bond donors (Lipinski definition) is 2. The van der Waals surface area contributed by atoms with Crippen LogP contribution < -0.4 is 10.5 Å². The number of benzene rings is 1. The first-order valence-electron chi connectivity index (χ1n) is 6.70. The largest absolute Gasteiger partial charge is 0.398 e. The van der Waals surface area contributed by atoms with Crippen LogP contribution in [0, 0.1) is 6.92 Å². The van der Waals surface area contributed by atoms with Gasteiger partial charge in [-0.3, -0.25) is 4.68 Å². The fourth-order valence-electron chi connectivity index (χ4n) is 2.19. The molecule has 1 aromatic carbocycles. The van der Waals surface area contributed by atoms with Crippen molar-refractivity contribution in [1.82, 2.24) is 14.5 Å². The summed E-state index contributed by atoms with van der Waals surface area (Å²) >= 11 is 0. The number of nitrogens with two attached hydrogens (primary N) is 1. The highest BCUT2D eigenvalue weighted by atomic mass is 32.2. The van der Waals surface area contributed by atoms with Gasteiger partial charge in [-0.25, -0.2) is 13.1 Å². The van der Waals surface area contributed by atoms with E-state index in [2.05, 4.69) is 9.82 Å². The van der Waals surface area contributed by atoms with E-state index in [1.54, 1.807) is 16.8 Å². The molecule has 0 aliphatic carbocycles. The molecule has 0 unspecified atom stereocenters. The maximum Gasteiger partial charge on any atom is 0.242 e. The minimum Gasteiger partial charge on any atom is -0.398 e. The smallest absolute Gasteiger partial charge is 0.242 e. The summed E-state index contributed by atoms with van der Waals surface area (Å²) in [5, 5.41) is 4.29. The van der Waals surface area contributed by atoms with Crippen LogP contribution in [0.5, 0.6) is 0 Å². The second kappa shape index (κ2) is 5.87. The van der Waals surface area contributed by atoms with Gasteiger partial charge in [0.15, 0.2) is 0 Å². The molecule has 2 rings (SSSR count). The van der Waals surface area contributed by atoms with Crippen molar-refractivity contribution >= 4 is 15.7 Å². The third-order valence-corrected chi connectivity index (χ3v) is 4.71. The molecule has 0 saturated carbocycles. The number of aryl methyl sites for hydroxylation is 3. The SMILES string of the molecule is CCc1nn(C)cc1CNS(=O)(=O)c1ccc(C)cc1N. The van der Waals surface area contributed by atoms with Gasteiger partial charge in [0.2, 0.25) is 10.0 Å². The lowest BCUT2D eigenvalue weighted by Gasteiger charge is -2.09. The first kappa shape index (κ1) is 15.5. The number of sulfonamides is 1. The minimum absolute atomic E-state index is 0.107. The van der Waals surface area contributed by atoms with Gasteiger partial charge in [-0.2, -0.15) is 5.10 Å². The zero-order valence-corrected chi connectivity index (χ0v) is 13.2. The molecule has 0 amide bonds. The quantitative estimate of drug-likeness (QED) is 0.816. The van der Waals surface area contributed by atoms with E-state index in [4.69, 9.17) is 5.73 Å². The second-order valence-corrected chi connectivity index (χ2v) is 6.73. The molecule has 0 saturated heterocycles. The average Bonchev–Trinajstić information content (AvgIpc) is 2.76. The van der Waals surface area contributed by atoms with E-state index < -0.39 is 10.0 Å². The fourth-order valence-corrected chi connectivity index (χ4v) is 3.31. The van der Waals surface area contributed by atoms with Crippen LogP contribution in [-0.2, 0) is 30.0 Å². The summed E-state index contributed by atoms with van der Waals surface area (Å²) in [5.74, 6) is 0. The summed E-state index contributed by atoms with van der Waals surface area (Å²) in [4.78, 5) is 0.107. The van der Waals surface area contributed by atoms with E-state index in [1.165, 1.54) is 6.07 Å². The topological polar surface area (TPSA) is 90.0 Å². The molecular formula is C14H20N4O2S. The molecule has 1 aromatic heterocycles. The number of anilines is 1. The third-order valence-electron chi connectivity index (χ3n) is 3.23. The molecule has 0 bridgehead atoms. The molecule has 21 heavy (non-hydrogen) atoms. The monoisotopic (exact) mass is 308 g/mol. The van der Waals surface area contributed by atoms with E-state index in [-0.39, 0.29) is 17.1 Å². The predicted octanol–water partition coefficient (Wildman–Crippen LogP) is 1.35. The van der Waals surface area contributed by atoms with E-state index in [1.807, 2.05) is 27.1 Å². The number of nitrogen functional groups attached to an aromatic ring is 1. The normalized spacial score (nSPS) is 11.8. The predicted molar refractivity (Wildman–Crippen MR) is 82.2 cm³/mol. The number of aromatic nitrogens is 2. The Kier molecular flexibility index (Phi) is 4.34. The van der Waals surface area contributed by atoms with Crippen molar-refractivity contribution in [3.63, 3.8) is 0 Å². The van der Waals surface area contributed by atoms with Crippen LogP contribution in [0.3, 0.4) is 0 Å². The number of nitrogens with zero attached hydrogens (tertiary/aromatic N) is 2. The van der Waals surface area contributed by atoms with E-state index in [0.29, 0.717) is 0 Å². The fraction of sp³-hybridized carbons (Fsp3) is 0.357. The van der Waals surface area contributed by atoms with Gasteiger partial charge in [0.05, 0.1) is 11.4 Å². The van der Waals surface area contributed by atoms with Gasteiger partial charge in [0.1, 0.15) is 4.90 Å². The molecule has 1 heterocycles. The molecule has 7 heteroatoms. The zero-order valence-electron chi connectivity index (χ0n) is 12.4. The Hall–Kier alpha value is -1.86. The highest BCUT2D eigenvalue weighted by Crippen LogP contribution is 2.19. The van der Waals surface area contributed by atoms with Crippen molar-refractivity contribution in [1.29, 1.82) is 0 Å². The maximum atomic E-state index is 12.3. The Morgan fingerprint density at radius 1 is 1.38 bits per heavy atom. The van der Waals surface area contributed by atoms with Gasteiger partial charge in [-0.1, -0.05) is 13.0 Å². The summed E-state index contributed by atoms with van der Waals surface area (Å²) < 4.78 is 28.9. The number of rotatable bonds is 5. The molecule has 0 atom stereocenters. The Balaban J connectivity index is 2.21. The summed E-state index contributed by atoms with van der Waals surface area (Å²) in [5.41, 5.74) is 8.73. The van der Waals surface area contributed by atoms with Gasteiger partial charge < -0.3 is 5.73 Å². The molecule has 0 aliphatic rings. The van der Waals surface area contributed by atoms with Crippen molar-refractivity contribution in [2.24, 2.45) is 7.05 Å². The second-order valence-electron chi connectivity index (χ2n) is 4.99. The lowest BCUT2D eigenvalue weighted by atomic mass is 10.2. The van der Waals surface area contributed by atoms with Gasteiger partial charge >= 0.3 is 0 Å². The molecule has 0 spiro atoms. The van der Waals surface area contributed by atoms with Crippen LogP contribution >= 0.6 is 0 Å². The first-order chi connectivity index (χ1) is 9.83. The van der Waals surface area contributed by atoms with Crippen molar-refractivity contribution < 1.29 is 8.42 Å². The number of nitrogens with one attached hydrogen (secondary N) is 1. The molecule has 2 aromatic rings. The van der Waals surface area contributed by atoms with Crippen molar-refractivity contribution in [3.8, 4) is 0 Å². The maximum absolute atomic E-state index is 12.3. The summed E-state index contributed by atoms with van der Waals surface area (Å²) in [6, 6.07) is 4.90. The van der Waals surface area contributed by atoms with Gasteiger partial charge in [0, 0.05) is 25.4 Å². The Morgan fingerprint density at radius 3 is 2.71 bits per heavy atom. The highest BCUT2D eigenvalue weighted by Gasteiger charge is 2.18. The average molecular weight is 308 g/mol. The first-order valence-corrected chi connectivity index (χ1v) is 8.19. The van der Waals surface area contributed by atoms with E-state index in [0.717, 1.165) is 23.2 Å². The summed E-state index contributed by atoms with van der Waals surface area (Å²) in [6.45, 7) is 4.05. The van der Waals surface area contributed by atoms with Crippen molar-refractivity contribution in [2.45, 2.75) is 31.7 Å². The van der Waals surface area contributed by atoms with Crippen LogP contribution in [0.15, 0.2) is 29.3 Å². The van der Waals surface area contributed by atoms with Gasteiger partial charge in [-0.05, 0) is 31.0 Å². The Morgan fingerprint density at radius 2 is 2.10 bits per heavy atom. The molecule has 0 fully saturated rings.